The van der Waals surface area contributed by atoms with E-state index in [1.807, 2.05) is 35.2 Å². The largest absolute Gasteiger partial charge is 0.483 e. The lowest BCUT2D eigenvalue weighted by Crippen LogP contribution is -2.32. The van der Waals surface area contributed by atoms with Crippen LogP contribution in [0.5, 0.6) is 5.75 Å². The first-order valence-electron chi connectivity index (χ1n) is 10.2. The van der Waals surface area contributed by atoms with Crippen LogP contribution in [-0.4, -0.2) is 30.5 Å². The van der Waals surface area contributed by atoms with Gasteiger partial charge in [-0.25, -0.2) is 0 Å². The van der Waals surface area contributed by atoms with Gasteiger partial charge in [-0.2, -0.15) is 0 Å². The molecule has 0 aromatic heterocycles. The van der Waals surface area contributed by atoms with Crippen LogP contribution < -0.4 is 10.1 Å². The van der Waals surface area contributed by atoms with Crippen LogP contribution in [0.4, 0.5) is 0 Å². The summed E-state index contributed by atoms with van der Waals surface area (Å²) in [6, 6.07) is 16.4. The number of amides is 1. The number of likely N-dealkylation sites (tertiary alicyclic amines) is 1. The van der Waals surface area contributed by atoms with Crippen LogP contribution in [0.3, 0.4) is 0 Å². The summed E-state index contributed by atoms with van der Waals surface area (Å²) < 4.78 is 5.89. The SMILES string of the molecule is O=C(COc1ccccc1CNC(c1ccc(Cl)cc1)C1CC1)N1CCCC1. The zero-order valence-corrected chi connectivity index (χ0v) is 16.8. The van der Waals surface area contributed by atoms with Crippen molar-refractivity contribution in [3.8, 4) is 5.75 Å². The van der Waals surface area contributed by atoms with Crippen LogP contribution >= 0.6 is 11.6 Å². The van der Waals surface area contributed by atoms with Gasteiger partial charge in [0.25, 0.3) is 5.91 Å². The van der Waals surface area contributed by atoms with Crippen LogP contribution in [0, 0.1) is 5.92 Å². The second-order valence-corrected chi connectivity index (χ2v) is 8.17. The highest BCUT2D eigenvalue weighted by Crippen LogP contribution is 2.41. The standard InChI is InChI=1S/C23H27ClN2O2/c24-20-11-9-18(10-12-20)23(17-7-8-17)25-15-19-5-1-2-6-21(19)28-16-22(27)26-13-3-4-14-26/h1-2,5-6,9-12,17,23,25H,3-4,7-8,13-16H2. The van der Waals surface area contributed by atoms with Crippen molar-refractivity contribution in [1.82, 2.24) is 10.2 Å². The molecule has 1 amide bonds. The molecule has 0 spiro atoms. The van der Waals surface area contributed by atoms with E-state index in [0.29, 0.717) is 18.5 Å². The number of nitrogens with one attached hydrogen (secondary N) is 1. The van der Waals surface area contributed by atoms with Gasteiger partial charge in [0.1, 0.15) is 5.75 Å². The van der Waals surface area contributed by atoms with Crippen molar-refractivity contribution < 1.29 is 9.53 Å². The fourth-order valence-electron chi connectivity index (χ4n) is 3.86. The number of hydrogen-bond donors (Lipinski definition) is 1. The van der Waals surface area contributed by atoms with Crippen LogP contribution in [0.1, 0.15) is 42.9 Å². The average molecular weight is 399 g/mol. The molecular formula is C23H27ClN2O2. The third-order valence-electron chi connectivity index (χ3n) is 5.62. The summed E-state index contributed by atoms with van der Waals surface area (Å²) in [5, 5.41) is 4.46. The molecule has 1 unspecified atom stereocenters. The summed E-state index contributed by atoms with van der Waals surface area (Å²) in [6.45, 7) is 2.53. The van der Waals surface area contributed by atoms with Gasteiger partial charge in [0.2, 0.25) is 0 Å². The van der Waals surface area contributed by atoms with Crippen molar-refractivity contribution in [3.63, 3.8) is 0 Å². The molecule has 2 aliphatic rings. The lowest BCUT2D eigenvalue weighted by molar-refractivity contribution is -0.132. The highest BCUT2D eigenvalue weighted by atomic mass is 35.5. The van der Waals surface area contributed by atoms with Gasteiger partial charge in [-0.3, -0.25) is 4.79 Å². The van der Waals surface area contributed by atoms with Crippen molar-refractivity contribution in [1.29, 1.82) is 0 Å². The topological polar surface area (TPSA) is 41.6 Å². The molecule has 2 aromatic carbocycles. The summed E-state index contributed by atoms with van der Waals surface area (Å²) in [7, 11) is 0. The molecule has 4 nitrogen and oxygen atoms in total. The Labute approximate surface area is 171 Å². The fraction of sp³-hybridized carbons (Fsp3) is 0.435. The van der Waals surface area contributed by atoms with Crippen LogP contribution in [-0.2, 0) is 11.3 Å². The van der Waals surface area contributed by atoms with E-state index in [4.69, 9.17) is 16.3 Å². The molecule has 1 N–H and O–H groups in total. The van der Waals surface area contributed by atoms with Crippen molar-refractivity contribution in [2.24, 2.45) is 5.92 Å². The quantitative estimate of drug-likeness (QED) is 0.707. The number of benzene rings is 2. The van der Waals surface area contributed by atoms with Gasteiger partial charge in [0, 0.05) is 36.3 Å². The van der Waals surface area contributed by atoms with E-state index in [0.717, 1.165) is 42.3 Å². The highest BCUT2D eigenvalue weighted by Gasteiger charge is 2.32. The van der Waals surface area contributed by atoms with Crippen molar-refractivity contribution in [2.45, 2.75) is 38.3 Å². The summed E-state index contributed by atoms with van der Waals surface area (Å²) in [5.41, 5.74) is 2.35. The van der Waals surface area contributed by atoms with Gasteiger partial charge in [0.15, 0.2) is 6.61 Å². The van der Waals surface area contributed by atoms with Gasteiger partial charge in [0.05, 0.1) is 0 Å². The molecule has 2 aromatic rings. The van der Waals surface area contributed by atoms with Gasteiger partial charge < -0.3 is 15.0 Å². The van der Waals surface area contributed by atoms with Crippen LogP contribution in [0.15, 0.2) is 48.5 Å². The monoisotopic (exact) mass is 398 g/mol. The number of para-hydroxylation sites is 1. The maximum absolute atomic E-state index is 12.3. The Morgan fingerprint density at radius 1 is 1.11 bits per heavy atom. The Kier molecular flexibility index (Phi) is 6.18. The maximum atomic E-state index is 12.3. The van der Waals surface area contributed by atoms with Crippen LogP contribution in [0.25, 0.3) is 0 Å². The summed E-state index contributed by atoms with van der Waals surface area (Å²) in [5.74, 6) is 1.54. The zero-order valence-electron chi connectivity index (χ0n) is 16.1. The van der Waals surface area contributed by atoms with Gasteiger partial charge in [-0.1, -0.05) is 41.9 Å². The van der Waals surface area contributed by atoms with Crippen LogP contribution in [0.2, 0.25) is 5.02 Å². The first-order valence-corrected chi connectivity index (χ1v) is 10.6. The highest BCUT2D eigenvalue weighted by molar-refractivity contribution is 6.30. The molecule has 1 heterocycles. The molecule has 4 rings (SSSR count). The van der Waals surface area contributed by atoms with E-state index in [2.05, 4.69) is 23.5 Å². The second-order valence-electron chi connectivity index (χ2n) is 7.73. The minimum Gasteiger partial charge on any atom is -0.483 e. The van der Waals surface area contributed by atoms with Crippen molar-refractivity contribution in [3.05, 3.63) is 64.7 Å². The summed E-state index contributed by atoms with van der Waals surface area (Å²) in [6.07, 6.45) is 4.70. The van der Waals surface area contributed by atoms with E-state index in [1.54, 1.807) is 0 Å². The first kappa shape index (κ1) is 19.3. The summed E-state index contributed by atoms with van der Waals surface area (Å²) >= 11 is 6.04. The summed E-state index contributed by atoms with van der Waals surface area (Å²) in [4.78, 5) is 14.2. The Hall–Kier alpha value is -2.04. The molecule has 28 heavy (non-hydrogen) atoms. The number of carbonyl (C=O) groups is 1. The second kappa shape index (κ2) is 8.97. The number of carbonyl (C=O) groups excluding carboxylic acids is 1. The predicted molar refractivity (Wildman–Crippen MR) is 112 cm³/mol. The smallest absolute Gasteiger partial charge is 0.260 e. The molecule has 1 saturated carbocycles. The molecule has 1 atom stereocenters. The number of hydrogen-bond acceptors (Lipinski definition) is 3. The van der Waals surface area contributed by atoms with Gasteiger partial charge in [-0.05, 0) is 55.4 Å². The van der Waals surface area contributed by atoms with Crippen molar-refractivity contribution >= 4 is 17.5 Å². The van der Waals surface area contributed by atoms with E-state index in [1.165, 1.54) is 18.4 Å². The fourth-order valence-corrected chi connectivity index (χ4v) is 3.99. The molecule has 0 bridgehead atoms. The predicted octanol–water partition coefficient (Wildman–Crippen LogP) is 4.58. The molecule has 5 heteroatoms. The van der Waals surface area contributed by atoms with E-state index in [-0.39, 0.29) is 12.5 Å². The van der Waals surface area contributed by atoms with E-state index < -0.39 is 0 Å². The molecule has 0 radical (unpaired) electrons. The Balaban J connectivity index is 1.38. The number of ether oxygens (including phenoxy) is 1. The molecule has 1 aliphatic heterocycles. The Bertz CT molecular complexity index is 799. The zero-order chi connectivity index (χ0) is 19.3. The lowest BCUT2D eigenvalue weighted by Gasteiger charge is -2.21. The minimum absolute atomic E-state index is 0.0808. The lowest BCUT2D eigenvalue weighted by atomic mass is 10.0. The van der Waals surface area contributed by atoms with E-state index >= 15 is 0 Å². The number of halogens is 1. The Morgan fingerprint density at radius 3 is 2.54 bits per heavy atom. The normalized spacial score (nSPS) is 17.5. The third kappa shape index (κ3) is 4.86. The number of nitrogens with zero attached hydrogens (tertiary/aromatic N) is 1. The molecule has 148 valence electrons. The average Bonchev–Trinajstić information content (AvgIpc) is 3.40. The molecule has 1 aliphatic carbocycles. The minimum atomic E-state index is 0.0808. The Morgan fingerprint density at radius 2 is 1.82 bits per heavy atom. The first-order chi connectivity index (χ1) is 13.7. The molecule has 2 fully saturated rings. The molecular weight excluding hydrogens is 372 g/mol. The maximum Gasteiger partial charge on any atom is 0.260 e. The van der Waals surface area contributed by atoms with Crippen molar-refractivity contribution in [2.75, 3.05) is 19.7 Å². The third-order valence-corrected chi connectivity index (χ3v) is 5.87. The molecule has 1 saturated heterocycles. The number of rotatable bonds is 8. The van der Waals surface area contributed by atoms with E-state index in [9.17, 15) is 4.79 Å². The van der Waals surface area contributed by atoms with Gasteiger partial charge >= 0.3 is 0 Å². The van der Waals surface area contributed by atoms with Gasteiger partial charge in [-0.15, -0.1) is 0 Å².